The van der Waals surface area contributed by atoms with E-state index in [1.54, 1.807) is 6.92 Å². The first kappa shape index (κ1) is 17.6. The van der Waals surface area contributed by atoms with Crippen LogP contribution >= 0.6 is 11.3 Å². The number of rotatable bonds is 8. The third-order valence-corrected chi connectivity index (χ3v) is 4.47. The van der Waals surface area contributed by atoms with Crippen LogP contribution in [-0.2, 0) is 11.3 Å². The summed E-state index contributed by atoms with van der Waals surface area (Å²) in [4.78, 5) is 27.1. The van der Waals surface area contributed by atoms with Crippen LogP contribution in [0.25, 0.3) is 0 Å². The third kappa shape index (κ3) is 5.81. The van der Waals surface area contributed by atoms with Crippen LogP contribution in [-0.4, -0.2) is 28.5 Å². The first-order chi connectivity index (χ1) is 9.75. The maximum absolute atomic E-state index is 11.8. The Kier molecular flexibility index (Phi) is 6.29. The second-order valence-electron chi connectivity index (χ2n) is 5.81. The van der Waals surface area contributed by atoms with Crippen LogP contribution in [0.15, 0.2) is 0 Å². The molecule has 0 fully saturated rings. The van der Waals surface area contributed by atoms with E-state index in [1.165, 1.54) is 0 Å². The monoisotopic (exact) mass is 313 g/mol. The summed E-state index contributed by atoms with van der Waals surface area (Å²) in [5.41, 5.74) is 6.08. The molecular weight excluding hydrogens is 290 g/mol. The standard InChI is InChI=1S/C14H23N3O3S/c1-9-12(13(19)20)21-11(17-9)8-16-10(18)4-5-14(2,3)6-7-15/h4-8,15H2,1-3H3,(H,16,18)(H,19,20). The Morgan fingerprint density at radius 2 is 2.05 bits per heavy atom. The molecule has 21 heavy (non-hydrogen) atoms. The molecule has 4 N–H and O–H groups in total. The van der Waals surface area contributed by atoms with Gasteiger partial charge in [0, 0.05) is 6.42 Å². The van der Waals surface area contributed by atoms with Crippen LogP contribution < -0.4 is 11.1 Å². The van der Waals surface area contributed by atoms with Gasteiger partial charge in [0.15, 0.2) is 0 Å². The van der Waals surface area contributed by atoms with Crippen molar-refractivity contribution in [3.63, 3.8) is 0 Å². The summed E-state index contributed by atoms with van der Waals surface area (Å²) < 4.78 is 0. The van der Waals surface area contributed by atoms with Gasteiger partial charge in [-0.3, -0.25) is 4.79 Å². The molecule has 0 saturated carbocycles. The molecule has 1 heterocycles. The van der Waals surface area contributed by atoms with Gasteiger partial charge in [-0.15, -0.1) is 11.3 Å². The molecule has 1 aromatic rings. The molecule has 0 saturated heterocycles. The number of nitrogens with one attached hydrogen (secondary N) is 1. The number of thiazole rings is 1. The second-order valence-corrected chi connectivity index (χ2v) is 6.89. The molecule has 1 amide bonds. The number of carbonyl (C=O) groups excluding carboxylic acids is 1. The Labute approximate surface area is 128 Å². The average Bonchev–Trinajstić information content (AvgIpc) is 2.75. The van der Waals surface area contributed by atoms with E-state index in [1.807, 2.05) is 0 Å². The third-order valence-electron chi connectivity index (χ3n) is 3.32. The van der Waals surface area contributed by atoms with Gasteiger partial charge in [-0.05, 0) is 31.7 Å². The van der Waals surface area contributed by atoms with Crippen molar-refractivity contribution in [2.45, 2.75) is 46.6 Å². The molecule has 7 heteroatoms. The average molecular weight is 313 g/mol. The molecule has 1 rings (SSSR count). The van der Waals surface area contributed by atoms with Crippen molar-refractivity contribution in [1.29, 1.82) is 0 Å². The summed E-state index contributed by atoms with van der Waals surface area (Å²) in [5, 5.41) is 12.3. The van der Waals surface area contributed by atoms with Crippen molar-refractivity contribution in [3.8, 4) is 0 Å². The number of carboxylic acid groups (broad SMARTS) is 1. The molecule has 0 unspecified atom stereocenters. The molecule has 0 atom stereocenters. The van der Waals surface area contributed by atoms with Crippen molar-refractivity contribution in [2.75, 3.05) is 6.54 Å². The summed E-state index contributed by atoms with van der Waals surface area (Å²) in [6.45, 7) is 6.73. The molecule has 0 aromatic carbocycles. The van der Waals surface area contributed by atoms with Gasteiger partial charge in [-0.1, -0.05) is 13.8 Å². The van der Waals surface area contributed by atoms with Crippen LogP contribution in [0.1, 0.15) is 53.5 Å². The van der Waals surface area contributed by atoms with E-state index < -0.39 is 5.97 Å². The minimum Gasteiger partial charge on any atom is -0.477 e. The molecule has 0 radical (unpaired) electrons. The van der Waals surface area contributed by atoms with E-state index in [4.69, 9.17) is 10.8 Å². The molecule has 0 bridgehead atoms. The number of amides is 1. The lowest BCUT2D eigenvalue weighted by atomic mass is 9.84. The first-order valence-corrected chi connectivity index (χ1v) is 7.73. The number of aromatic nitrogens is 1. The Morgan fingerprint density at radius 3 is 2.57 bits per heavy atom. The zero-order chi connectivity index (χ0) is 16.0. The van der Waals surface area contributed by atoms with Crippen LogP contribution in [0.4, 0.5) is 0 Å². The van der Waals surface area contributed by atoms with Gasteiger partial charge in [0.1, 0.15) is 9.88 Å². The fourth-order valence-electron chi connectivity index (χ4n) is 1.96. The van der Waals surface area contributed by atoms with Gasteiger partial charge in [-0.25, -0.2) is 9.78 Å². The molecule has 0 aliphatic heterocycles. The predicted octanol–water partition coefficient (Wildman–Crippen LogP) is 1.92. The van der Waals surface area contributed by atoms with Gasteiger partial charge >= 0.3 is 5.97 Å². The van der Waals surface area contributed by atoms with E-state index in [0.717, 1.165) is 24.2 Å². The summed E-state index contributed by atoms with van der Waals surface area (Å²) in [7, 11) is 0. The van der Waals surface area contributed by atoms with Gasteiger partial charge in [0.2, 0.25) is 5.91 Å². The Balaban J connectivity index is 2.43. The predicted molar refractivity (Wildman–Crippen MR) is 82.3 cm³/mol. The molecule has 118 valence electrons. The normalized spacial score (nSPS) is 11.4. The van der Waals surface area contributed by atoms with Gasteiger partial charge in [-0.2, -0.15) is 0 Å². The fourth-order valence-corrected chi connectivity index (χ4v) is 2.80. The fraction of sp³-hybridized carbons (Fsp3) is 0.643. The lowest BCUT2D eigenvalue weighted by molar-refractivity contribution is -0.121. The number of aryl methyl sites for hydroxylation is 1. The van der Waals surface area contributed by atoms with Crippen LogP contribution in [0.3, 0.4) is 0 Å². The maximum atomic E-state index is 11.8. The zero-order valence-corrected chi connectivity index (χ0v) is 13.5. The minimum absolute atomic E-state index is 0.0511. The SMILES string of the molecule is Cc1nc(CNC(=O)CCC(C)(C)CCN)sc1C(=O)O. The quantitative estimate of drug-likeness (QED) is 0.680. The highest BCUT2D eigenvalue weighted by Gasteiger charge is 2.19. The Hall–Kier alpha value is -1.47. The summed E-state index contributed by atoms with van der Waals surface area (Å²) in [6.07, 6.45) is 2.09. The number of hydrogen-bond donors (Lipinski definition) is 3. The van der Waals surface area contributed by atoms with Crippen molar-refractivity contribution < 1.29 is 14.7 Å². The minimum atomic E-state index is -0.980. The first-order valence-electron chi connectivity index (χ1n) is 6.91. The maximum Gasteiger partial charge on any atom is 0.347 e. The molecular formula is C14H23N3O3S. The zero-order valence-electron chi connectivity index (χ0n) is 12.7. The topological polar surface area (TPSA) is 105 Å². The smallest absolute Gasteiger partial charge is 0.347 e. The van der Waals surface area contributed by atoms with E-state index >= 15 is 0 Å². The van der Waals surface area contributed by atoms with Gasteiger partial charge in [0.05, 0.1) is 12.2 Å². The van der Waals surface area contributed by atoms with Gasteiger partial charge in [0.25, 0.3) is 0 Å². The number of hydrogen-bond acceptors (Lipinski definition) is 5. The molecule has 0 aliphatic rings. The highest BCUT2D eigenvalue weighted by Crippen LogP contribution is 2.25. The number of nitrogens with zero attached hydrogens (tertiary/aromatic N) is 1. The number of carboxylic acids is 1. The van der Waals surface area contributed by atoms with E-state index in [2.05, 4.69) is 24.1 Å². The highest BCUT2D eigenvalue weighted by atomic mass is 32.1. The van der Waals surface area contributed by atoms with Crippen LogP contribution in [0.2, 0.25) is 0 Å². The summed E-state index contributed by atoms with van der Waals surface area (Å²) in [6, 6.07) is 0. The molecule has 0 aliphatic carbocycles. The highest BCUT2D eigenvalue weighted by molar-refractivity contribution is 7.13. The molecule has 6 nitrogen and oxygen atoms in total. The number of carbonyl (C=O) groups is 2. The van der Waals surface area contributed by atoms with Crippen molar-refractivity contribution >= 4 is 23.2 Å². The van der Waals surface area contributed by atoms with E-state index in [0.29, 0.717) is 23.7 Å². The van der Waals surface area contributed by atoms with Gasteiger partial charge < -0.3 is 16.2 Å². The van der Waals surface area contributed by atoms with Crippen molar-refractivity contribution in [1.82, 2.24) is 10.3 Å². The summed E-state index contributed by atoms with van der Waals surface area (Å²) in [5.74, 6) is -1.03. The number of nitrogens with two attached hydrogens (primary N) is 1. The lowest BCUT2D eigenvalue weighted by Crippen LogP contribution is -2.25. The van der Waals surface area contributed by atoms with Crippen molar-refractivity contribution in [2.24, 2.45) is 11.1 Å². The molecule has 0 spiro atoms. The Bertz CT molecular complexity index is 512. The van der Waals surface area contributed by atoms with Crippen molar-refractivity contribution in [3.05, 3.63) is 15.6 Å². The number of aromatic carboxylic acids is 1. The summed E-state index contributed by atoms with van der Waals surface area (Å²) >= 11 is 1.10. The lowest BCUT2D eigenvalue weighted by Gasteiger charge is -2.23. The van der Waals surface area contributed by atoms with E-state index in [-0.39, 0.29) is 22.7 Å². The van der Waals surface area contributed by atoms with Crippen LogP contribution in [0, 0.1) is 12.3 Å². The largest absolute Gasteiger partial charge is 0.477 e. The van der Waals surface area contributed by atoms with Crippen LogP contribution in [0.5, 0.6) is 0 Å². The van der Waals surface area contributed by atoms with E-state index in [9.17, 15) is 9.59 Å². The Morgan fingerprint density at radius 1 is 1.38 bits per heavy atom. The molecule has 1 aromatic heterocycles. The second kappa shape index (κ2) is 7.51.